The molecule has 0 saturated carbocycles. The van der Waals surface area contributed by atoms with Crippen LogP contribution in [0.2, 0.25) is 0 Å². The van der Waals surface area contributed by atoms with Crippen molar-refractivity contribution in [2.45, 2.75) is 52.1 Å². The van der Waals surface area contributed by atoms with Crippen molar-refractivity contribution < 1.29 is 14.3 Å². The third kappa shape index (κ3) is 5.46. The van der Waals surface area contributed by atoms with Crippen LogP contribution in [0.1, 0.15) is 51.6 Å². The first kappa shape index (κ1) is 20.2. The third-order valence-electron chi connectivity index (χ3n) is 4.61. The second-order valence-corrected chi connectivity index (χ2v) is 6.66. The van der Waals surface area contributed by atoms with E-state index in [2.05, 4.69) is 17.6 Å². The summed E-state index contributed by atoms with van der Waals surface area (Å²) in [6.45, 7) is 8.54. The lowest BCUT2D eigenvalue weighted by atomic mass is 10.0. The molecular weight excluding hydrogens is 330 g/mol. The minimum absolute atomic E-state index is 0.0746. The van der Waals surface area contributed by atoms with E-state index in [9.17, 15) is 9.59 Å². The molecule has 0 bridgehead atoms. The van der Waals surface area contributed by atoms with E-state index < -0.39 is 6.04 Å². The number of benzene rings is 1. The Balaban J connectivity index is 2.21. The Morgan fingerprint density at radius 3 is 2.73 bits per heavy atom. The van der Waals surface area contributed by atoms with E-state index in [0.29, 0.717) is 12.4 Å². The largest absolute Gasteiger partial charge is 0.494 e. The fourth-order valence-electron chi connectivity index (χ4n) is 3.49. The van der Waals surface area contributed by atoms with E-state index in [1.807, 2.05) is 36.1 Å². The van der Waals surface area contributed by atoms with Gasteiger partial charge in [-0.1, -0.05) is 25.1 Å². The summed E-state index contributed by atoms with van der Waals surface area (Å²) in [5.41, 5.74) is 0.846. The molecule has 2 atom stereocenters. The third-order valence-corrected chi connectivity index (χ3v) is 4.61. The van der Waals surface area contributed by atoms with Gasteiger partial charge in [0, 0.05) is 31.6 Å². The van der Waals surface area contributed by atoms with E-state index in [0.717, 1.165) is 38.0 Å². The Hall–Kier alpha value is -2.08. The molecule has 26 heavy (non-hydrogen) atoms. The summed E-state index contributed by atoms with van der Waals surface area (Å²) in [4.78, 5) is 26.8. The molecule has 0 aromatic heterocycles. The summed E-state index contributed by atoms with van der Waals surface area (Å²) in [6.07, 6.45) is 2.13. The maximum absolute atomic E-state index is 13.1. The van der Waals surface area contributed by atoms with E-state index in [1.165, 1.54) is 6.92 Å². The molecule has 0 aliphatic carbocycles. The minimum Gasteiger partial charge on any atom is -0.494 e. The molecule has 1 aromatic rings. The van der Waals surface area contributed by atoms with E-state index >= 15 is 0 Å². The molecule has 144 valence electrons. The zero-order chi connectivity index (χ0) is 18.9. The molecule has 6 nitrogen and oxygen atoms in total. The second kappa shape index (κ2) is 10.2. The van der Waals surface area contributed by atoms with Gasteiger partial charge in [0.1, 0.15) is 5.75 Å². The van der Waals surface area contributed by atoms with Crippen LogP contribution < -0.4 is 15.4 Å². The van der Waals surface area contributed by atoms with Gasteiger partial charge in [0.2, 0.25) is 11.8 Å². The molecule has 2 N–H and O–H groups in total. The number of nitrogens with one attached hydrogen (secondary N) is 2. The van der Waals surface area contributed by atoms with Gasteiger partial charge in [0.05, 0.1) is 19.1 Å². The molecule has 1 aliphatic rings. The van der Waals surface area contributed by atoms with E-state index in [4.69, 9.17) is 4.74 Å². The summed E-state index contributed by atoms with van der Waals surface area (Å²) < 4.78 is 5.70. The Labute approximate surface area is 156 Å². The maximum atomic E-state index is 13.1. The lowest BCUT2D eigenvalue weighted by molar-refractivity contribution is -0.134. The highest BCUT2D eigenvalue weighted by Gasteiger charge is 2.29. The Morgan fingerprint density at radius 1 is 1.35 bits per heavy atom. The van der Waals surface area contributed by atoms with Crippen LogP contribution in [0.5, 0.6) is 5.75 Å². The quantitative estimate of drug-likeness (QED) is 0.708. The predicted molar refractivity (Wildman–Crippen MR) is 102 cm³/mol. The number of para-hydroxylation sites is 1. The van der Waals surface area contributed by atoms with Crippen molar-refractivity contribution >= 4 is 11.8 Å². The van der Waals surface area contributed by atoms with E-state index in [1.54, 1.807) is 0 Å². The van der Waals surface area contributed by atoms with Gasteiger partial charge in [-0.15, -0.1) is 0 Å². The van der Waals surface area contributed by atoms with Gasteiger partial charge in [-0.25, -0.2) is 0 Å². The van der Waals surface area contributed by atoms with Crippen LogP contribution in [-0.4, -0.2) is 49.0 Å². The molecule has 2 unspecified atom stereocenters. The number of amides is 2. The molecule has 6 heteroatoms. The summed E-state index contributed by atoms with van der Waals surface area (Å²) in [6, 6.07) is 7.44. The van der Waals surface area contributed by atoms with Gasteiger partial charge in [0.25, 0.3) is 0 Å². The Morgan fingerprint density at radius 2 is 2.12 bits per heavy atom. The van der Waals surface area contributed by atoms with Crippen molar-refractivity contribution in [1.29, 1.82) is 0 Å². The van der Waals surface area contributed by atoms with Crippen molar-refractivity contribution in [2.75, 3.05) is 26.2 Å². The van der Waals surface area contributed by atoms with Gasteiger partial charge >= 0.3 is 0 Å². The molecule has 1 saturated heterocycles. The molecule has 0 radical (unpaired) electrons. The van der Waals surface area contributed by atoms with Gasteiger partial charge in [-0.3, -0.25) is 9.59 Å². The second-order valence-electron chi connectivity index (χ2n) is 6.66. The summed E-state index contributed by atoms with van der Waals surface area (Å²) >= 11 is 0. The van der Waals surface area contributed by atoms with Gasteiger partial charge in [-0.2, -0.15) is 0 Å². The molecular formula is C20H31N3O3. The molecule has 1 fully saturated rings. The zero-order valence-corrected chi connectivity index (χ0v) is 16.1. The normalized spacial score (nSPS) is 17.6. The number of carbonyl (C=O) groups excluding carboxylic acids is 2. The Bertz CT molecular complexity index is 600. The molecule has 0 spiro atoms. The minimum atomic E-state index is -0.392. The number of carbonyl (C=O) groups is 2. The first-order valence-corrected chi connectivity index (χ1v) is 9.55. The summed E-state index contributed by atoms with van der Waals surface area (Å²) in [5.74, 6) is 0.635. The number of ether oxygens (including phenoxy) is 1. The van der Waals surface area contributed by atoms with Crippen LogP contribution in [0.25, 0.3) is 0 Å². The number of hydrogen-bond acceptors (Lipinski definition) is 4. The topological polar surface area (TPSA) is 70.7 Å². The molecule has 1 heterocycles. The highest BCUT2D eigenvalue weighted by Crippen LogP contribution is 2.28. The van der Waals surface area contributed by atoms with Crippen molar-refractivity contribution in [3.8, 4) is 5.75 Å². The molecule has 2 rings (SSSR count). The highest BCUT2D eigenvalue weighted by atomic mass is 16.5. The van der Waals surface area contributed by atoms with Gasteiger partial charge in [-0.05, 0) is 32.4 Å². The Kier molecular flexibility index (Phi) is 7.91. The first-order valence-electron chi connectivity index (χ1n) is 9.55. The van der Waals surface area contributed by atoms with Crippen molar-refractivity contribution in [3.05, 3.63) is 29.8 Å². The van der Waals surface area contributed by atoms with Crippen LogP contribution in [0.3, 0.4) is 0 Å². The van der Waals surface area contributed by atoms with Gasteiger partial charge in [0.15, 0.2) is 0 Å². The summed E-state index contributed by atoms with van der Waals surface area (Å²) in [5, 5.41) is 6.26. The van der Waals surface area contributed by atoms with Crippen LogP contribution in [-0.2, 0) is 9.59 Å². The van der Waals surface area contributed by atoms with Crippen molar-refractivity contribution in [1.82, 2.24) is 15.5 Å². The van der Waals surface area contributed by atoms with Crippen LogP contribution in [0.4, 0.5) is 0 Å². The van der Waals surface area contributed by atoms with Crippen LogP contribution >= 0.6 is 0 Å². The fraction of sp³-hybridized carbons (Fsp3) is 0.600. The SMILES string of the molecule is CCCN(C(=O)CC(NC(C)=O)c1ccccc1OCC)C1CCNC1. The standard InChI is InChI=1S/C20H31N3O3/c1-4-12-23(16-10-11-21-14-16)20(25)13-18(22-15(3)24)17-8-6-7-9-19(17)26-5-2/h6-9,16,18,21H,4-5,10-14H2,1-3H3,(H,22,24). The van der Waals surface area contributed by atoms with Crippen LogP contribution in [0.15, 0.2) is 24.3 Å². The maximum Gasteiger partial charge on any atom is 0.225 e. The summed E-state index contributed by atoms with van der Waals surface area (Å²) in [7, 11) is 0. The average Bonchev–Trinajstić information content (AvgIpc) is 3.13. The highest BCUT2D eigenvalue weighted by molar-refractivity contribution is 5.79. The van der Waals surface area contributed by atoms with E-state index in [-0.39, 0.29) is 24.3 Å². The number of rotatable bonds is 9. The van der Waals surface area contributed by atoms with Crippen molar-refractivity contribution in [3.63, 3.8) is 0 Å². The molecule has 1 aliphatic heterocycles. The smallest absolute Gasteiger partial charge is 0.225 e. The lowest BCUT2D eigenvalue weighted by Crippen LogP contribution is -2.43. The molecule has 2 amide bonds. The number of hydrogen-bond donors (Lipinski definition) is 2. The lowest BCUT2D eigenvalue weighted by Gasteiger charge is -2.30. The average molecular weight is 361 g/mol. The van der Waals surface area contributed by atoms with Gasteiger partial charge < -0.3 is 20.3 Å². The first-order chi connectivity index (χ1) is 12.6. The number of nitrogens with zero attached hydrogens (tertiary/aromatic N) is 1. The molecule has 1 aromatic carbocycles. The van der Waals surface area contributed by atoms with Crippen LogP contribution in [0, 0.1) is 0 Å². The zero-order valence-electron chi connectivity index (χ0n) is 16.1. The van der Waals surface area contributed by atoms with Crippen molar-refractivity contribution in [2.24, 2.45) is 0 Å². The predicted octanol–water partition coefficient (Wildman–Crippen LogP) is 2.25. The monoisotopic (exact) mass is 361 g/mol. The fourth-order valence-corrected chi connectivity index (χ4v) is 3.49.